The molecule has 1 aliphatic heterocycles. The maximum absolute atomic E-state index is 13.0. The number of carbonyl (C=O) groups excluding carboxylic acids is 1. The van der Waals surface area contributed by atoms with E-state index in [1.165, 1.54) is 0 Å². The zero-order valence-electron chi connectivity index (χ0n) is 15.5. The molecule has 2 aromatic rings. The van der Waals surface area contributed by atoms with Crippen LogP contribution in [0.3, 0.4) is 0 Å². The summed E-state index contributed by atoms with van der Waals surface area (Å²) in [5.41, 5.74) is 1.42. The molecule has 1 aliphatic rings. The zero-order chi connectivity index (χ0) is 20.1. The van der Waals surface area contributed by atoms with Crippen LogP contribution in [0.25, 0.3) is 0 Å². The highest BCUT2D eigenvalue weighted by atomic mass is 35.5. The standard InChI is InChI=1S/C20H22ClNO5S/c1-28(24,25)27-18-10-4-15(5-11-18)13-22(14-19-3-2-12-26-19)20(23)16-6-8-17(21)9-7-16/h4-11,19H,2-3,12-14H2,1H3. The summed E-state index contributed by atoms with van der Waals surface area (Å²) < 4.78 is 33.0. The van der Waals surface area contributed by atoms with Gasteiger partial charge >= 0.3 is 10.1 Å². The Labute approximate surface area is 170 Å². The van der Waals surface area contributed by atoms with Gasteiger partial charge in [-0.05, 0) is 54.8 Å². The Morgan fingerprint density at radius 2 is 1.86 bits per heavy atom. The Morgan fingerprint density at radius 3 is 2.43 bits per heavy atom. The minimum atomic E-state index is -3.57. The van der Waals surface area contributed by atoms with Crippen LogP contribution in [0.1, 0.15) is 28.8 Å². The van der Waals surface area contributed by atoms with Crippen molar-refractivity contribution in [2.24, 2.45) is 0 Å². The molecule has 1 fully saturated rings. The van der Waals surface area contributed by atoms with Crippen molar-refractivity contribution >= 4 is 27.6 Å². The number of ether oxygens (including phenoxy) is 1. The van der Waals surface area contributed by atoms with Gasteiger partial charge in [-0.2, -0.15) is 8.42 Å². The summed E-state index contributed by atoms with van der Waals surface area (Å²) in [6.45, 7) is 1.58. The Balaban J connectivity index is 1.76. The summed E-state index contributed by atoms with van der Waals surface area (Å²) in [4.78, 5) is 14.8. The molecule has 1 unspecified atom stereocenters. The lowest BCUT2D eigenvalue weighted by atomic mass is 10.1. The van der Waals surface area contributed by atoms with Crippen molar-refractivity contribution in [2.45, 2.75) is 25.5 Å². The smallest absolute Gasteiger partial charge is 0.306 e. The topological polar surface area (TPSA) is 72.9 Å². The largest absolute Gasteiger partial charge is 0.383 e. The van der Waals surface area contributed by atoms with Gasteiger partial charge in [-0.15, -0.1) is 0 Å². The van der Waals surface area contributed by atoms with E-state index in [4.69, 9.17) is 20.5 Å². The van der Waals surface area contributed by atoms with Crippen LogP contribution in [-0.2, 0) is 21.4 Å². The molecule has 0 aromatic heterocycles. The molecule has 1 heterocycles. The fourth-order valence-electron chi connectivity index (χ4n) is 3.07. The first-order chi connectivity index (χ1) is 13.3. The van der Waals surface area contributed by atoms with E-state index in [1.807, 2.05) is 0 Å². The second kappa shape index (κ2) is 8.94. The predicted molar refractivity (Wildman–Crippen MR) is 107 cm³/mol. The summed E-state index contributed by atoms with van der Waals surface area (Å²) in [7, 11) is -3.57. The van der Waals surface area contributed by atoms with Gasteiger partial charge < -0.3 is 13.8 Å². The van der Waals surface area contributed by atoms with Gasteiger partial charge in [0, 0.05) is 30.3 Å². The van der Waals surface area contributed by atoms with Gasteiger partial charge in [-0.25, -0.2) is 0 Å². The van der Waals surface area contributed by atoms with Crippen LogP contribution in [0, 0.1) is 0 Å². The quantitative estimate of drug-likeness (QED) is 0.637. The first-order valence-electron chi connectivity index (χ1n) is 8.95. The molecular weight excluding hydrogens is 402 g/mol. The first-order valence-corrected chi connectivity index (χ1v) is 11.1. The molecule has 0 N–H and O–H groups in total. The maximum Gasteiger partial charge on any atom is 0.306 e. The van der Waals surface area contributed by atoms with Gasteiger partial charge in [0.2, 0.25) is 0 Å². The highest BCUT2D eigenvalue weighted by Gasteiger charge is 2.23. The molecule has 0 saturated carbocycles. The van der Waals surface area contributed by atoms with Crippen LogP contribution in [0.5, 0.6) is 5.75 Å². The van der Waals surface area contributed by atoms with Crippen molar-refractivity contribution < 1.29 is 22.1 Å². The number of amides is 1. The van der Waals surface area contributed by atoms with Crippen LogP contribution in [0.4, 0.5) is 0 Å². The average Bonchev–Trinajstić information content (AvgIpc) is 3.15. The number of carbonyl (C=O) groups is 1. The van der Waals surface area contributed by atoms with Gasteiger partial charge in [0.1, 0.15) is 5.75 Å². The van der Waals surface area contributed by atoms with E-state index in [1.54, 1.807) is 53.4 Å². The van der Waals surface area contributed by atoms with Crippen molar-refractivity contribution in [1.29, 1.82) is 0 Å². The van der Waals surface area contributed by atoms with Gasteiger partial charge in [-0.3, -0.25) is 4.79 Å². The van der Waals surface area contributed by atoms with Gasteiger partial charge in [0.25, 0.3) is 5.91 Å². The number of benzene rings is 2. The molecule has 1 amide bonds. The van der Waals surface area contributed by atoms with Crippen LogP contribution in [0.2, 0.25) is 5.02 Å². The highest BCUT2D eigenvalue weighted by Crippen LogP contribution is 2.20. The van der Waals surface area contributed by atoms with E-state index in [0.717, 1.165) is 24.7 Å². The number of hydrogen-bond donors (Lipinski definition) is 0. The Bertz CT molecular complexity index is 907. The SMILES string of the molecule is CS(=O)(=O)Oc1ccc(CN(CC2CCCO2)C(=O)c2ccc(Cl)cc2)cc1. The molecule has 0 aliphatic carbocycles. The third kappa shape index (κ3) is 5.95. The Kier molecular flexibility index (Phi) is 6.59. The van der Waals surface area contributed by atoms with Gasteiger partial charge in [-0.1, -0.05) is 23.7 Å². The number of rotatable bonds is 7. The molecule has 0 bridgehead atoms. The van der Waals surface area contributed by atoms with E-state index in [-0.39, 0.29) is 17.8 Å². The molecule has 2 aromatic carbocycles. The lowest BCUT2D eigenvalue weighted by molar-refractivity contribution is 0.0507. The zero-order valence-corrected chi connectivity index (χ0v) is 17.1. The van der Waals surface area contributed by atoms with Crippen molar-refractivity contribution in [2.75, 3.05) is 19.4 Å². The molecule has 150 valence electrons. The monoisotopic (exact) mass is 423 g/mol. The first kappa shape index (κ1) is 20.6. The molecule has 6 nitrogen and oxygen atoms in total. The summed E-state index contributed by atoms with van der Waals surface area (Å²) in [6.07, 6.45) is 2.93. The van der Waals surface area contributed by atoms with Crippen LogP contribution < -0.4 is 4.18 Å². The van der Waals surface area contributed by atoms with Crippen LogP contribution in [0.15, 0.2) is 48.5 Å². The fourth-order valence-corrected chi connectivity index (χ4v) is 3.66. The fraction of sp³-hybridized carbons (Fsp3) is 0.350. The van der Waals surface area contributed by atoms with Crippen molar-refractivity contribution in [3.05, 3.63) is 64.7 Å². The van der Waals surface area contributed by atoms with E-state index >= 15 is 0 Å². The molecule has 0 radical (unpaired) electrons. The number of halogens is 1. The summed E-state index contributed by atoms with van der Waals surface area (Å²) in [6, 6.07) is 13.4. The summed E-state index contributed by atoms with van der Waals surface area (Å²) in [5.74, 6) is 0.129. The van der Waals surface area contributed by atoms with Crippen molar-refractivity contribution in [3.8, 4) is 5.75 Å². The lowest BCUT2D eigenvalue weighted by Crippen LogP contribution is -2.36. The van der Waals surface area contributed by atoms with E-state index in [2.05, 4.69) is 0 Å². The second-order valence-corrected chi connectivity index (χ2v) is 8.77. The van der Waals surface area contributed by atoms with Crippen LogP contribution in [-0.4, -0.2) is 44.7 Å². The normalized spacial score (nSPS) is 16.7. The number of hydrogen-bond acceptors (Lipinski definition) is 5. The van der Waals surface area contributed by atoms with Crippen molar-refractivity contribution in [3.63, 3.8) is 0 Å². The molecule has 1 atom stereocenters. The maximum atomic E-state index is 13.0. The molecular formula is C20H22ClNO5S. The lowest BCUT2D eigenvalue weighted by Gasteiger charge is -2.26. The second-order valence-electron chi connectivity index (χ2n) is 6.76. The molecule has 3 rings (SSSR count). The predicted octanol–water partition coefficient (Wildman–Crippen LogP) is 3.50. The number of nitrogens with zero attached hydrogens (tertiary/aromatic N) is 1. The Morgan fingerprint density at radius 1 is 1.18 bits per heavy atom. The minimum absolute atomic E-state index is 0.0177. The highest BCUT2D eigenvalue weighted by molar-refractivity contribution is 7.86. The van der Waals surface area contributed by atoms with Gasteiger partial charge in [0.05, 0.1) is 12.4 Å². The third-order valence-corrected chi connectivity index (χ3v) is 5.12. The van der Waals surface area contributed by atoms with Gasteiger partial charge in [0.15, 0.2) is 0 Å². The van der Waals surface area contributed by atoms with E-state index in [0.29, 0.717) is 30.3 Å². The molecule has 0 spiro atoms. The summed E-state index contributed by atoms with van der Waals surface area (Å²) in [5, 5.41) is 0.573. The third-order valence-electron chi connectivity index (χ3n) is 4.37. The Hall–Kier alpha value is -2.09. The average molecular weight is 424 g/mol. The molecule has 1 saturated heterocycles. The van der Waals surface area contributed by atoms with Crippen molar-refractivity contribution in [1.82, 2.24) is 4.90 Å². The summed E-state index contributed by atoms with van der Waals surface area (Å²) >= 11 is 5.92. The van der Waals surface area contributed by atoms with E-state index in [9.17, 15) is 13.2 Å². The minimum Gasteiger partial charge on any atom is -0.383 e. The van der Waals surface area contributed by atoms with E-state index < -0.39 is 10.1 Å². The van der Waals surface area contributed by atoms with Crippen LogP contribution >= 0.6 is 11.6 Å². The molecule has 8 heteroatoms. The molecule has 28 heavy (non-hydrogen) atoms.